The maximum Gasteiger partial charge on any atom is 0.257 e. The Kier molecular flexibility index (Phi) is 4.80. The highest BCUT2D eigenvalue weighted by atomic mass is 35.5. The summed E-state index contributed by atoms with van der Waals surface area (Å²) in [6.07, 6.45) is 6.11. The Balaban J connectivity index is 1.64. The number of amides is 2. The molecule has 0 unspecified atom stereocenters. The summed E-state index contributed by atoms with van der Waals surface area (Å²) in [5, 5.41) is 2.74. The largest absolute Gasteiger partial charge is 0.356 e. The molecule has 0 bridgehead atoms. The molecule has 1 aliphatic carbocycles. The summed E-state index contributed by atoms with van der Waals surface area (Å²) in [6.45, 7) is 1.60. The van der Waals surface area contributed by atoms with Gasteiger partial charge in [-0.2, -0.15) is 0 Å². The van der Waals surface area contributed by atoms with Gasteiger partial charge < -0.3 is 10.2 Å². The molecule has 2 amide bonds. The third kappa shape index (κ3) is 3.80. The lowest BCUT2D eigenvalue weighted by Gasteiger charge is -2.32. The van der Waals surface area contributed by atoms with Crippen LogP contribution in [0.25, 0.3) is 0 Å². The van der Waals surface area contributed by atoms with Crippen LogP contribution >= 0.6 is 11.6 Å². The lowest BCUT2D eigenvalue weighted by atomic mass is 9.96. The first-order valence-electron chi connectivity index (χ1n) is 7.92. The van der Waals surface area contributed by atoms with Crippen molar-refractivity contribution in [2.75, 3.05) is 19.6 Å². The number of halogens is 2. The topological polar surface area (TPSA) is 62.3 Å². The summed E-state index contributed by atoms with van der Waals surface area (Å²) < 4.78 is 13.5. The van der Waals surface area contributed by atoms with E-state index in [-0.39, 0.29) is 28.3 Å². The van der Waals surface area contributed by atoms with Crippen LogP contribution in [0.15, 0.2) is 12.4 Å². The van der Waals surface area contributed by atoms with Crippen LogP contribution in [0, 0.1) is 17.7 Å². The standard InChI is InChI=1S/C16H19ClFN3O2/c17-14-12(7-19-8-13(14)18)16(23)21-5-1-2-11(9-21)15(22)20-6-10-3-4-10/h7-8,10-11H,1-6,9H2,(H,20,22)/t11-/m0/s1. The predicted octanol–water partition coefficient (Wildman–Crippen LogP) is 2.25. The number of hydrogen-bond acceptors (Lipinski definition) is 3. The van der Waals surface area contributed by atoms with E-state index in [9.17, 15) is 14.0 Å². The third-order valence-corrected chi connectivity index (χ3v) is 4.79. The zero-order valence-corrected chi connectivity index (χ0v) is 13.5. The summed E-state index contributed by atoms with van der Waals surface area (Å²) in [6, 6.07) is 0. The summed E-state index contributed by atoms with van der Waals surface area (Å²) in [5.74, 6) is -0.683. The monoisotopic (exact) mass is 339 g/mol. The number of likely N-dealkylation sites (tertiary alicyclic amines) is 1. The molecule has 1 saturated carbocycles. The summed E-state index contributed by atoms with van der Waals surface area (Å²) in [4.78, 5) is 30.0. The molecule has 7 heteroatoms. The van der Waals surface area contributed by atoms with Gasteiger partial charge in [0.25, 0.3) is 5.91 Å². The van der Waals surface area contributed by atoms with Crippen molar-refractivity contribution < 1.29 is 14.0 Å². The number of aromatic nitrogens is 1. The molecule has 124 valence electrons. The molecular formula is C16H19ClFN3O2. The first kappa shape index (κ1) is 16.2. The van der Waals surface area contributed by atoms with E-state index in [4.69, 9.17) is 11.6 Å². The van der Waals surface area contributed by atoms with Gasteiger partial charge in [-0.25, -0.2) is 4.39 Å². The number of rotatable bonds is 4. The van der Waals surface area contributed by atoms with Gasteiger partial charge in [-0.15, -0.1) is 0 Å². The molecule has 23 heavy (non-hydrogen) atoms. The Morgan fingerprint density at radius 3 is 2.87 bits per heavy atom. The highest BCUT2D eigenvalue weighted by molar-refractivity contribution is 6.33. The van der Waals surface area contributed by atoms with E-state index in [1.165, 1.54) is 19.0 Å². The Labute approximate surface area is 139 Å². The van der Waals surface area contributed by atoms with Gasteiger partial charge in [-0.3, -0.25) is 14.6 Å². The van der Waals surface area contributed by atoms with E-state index in [0.29, 0.717) is 19.0 Å². The van der Waals surface area contributed by atoms with E-state index in [1.54, 1.807) is 4.90 Å². The van der Waals surface area contributed by atoms with Gasteiger partial charge in [0.05, 0.1) is 22.7 Å². The third-order valence-electron chi connectivity index (χ3n) is 4.41. The average Bonchev–Trinajstić information content (AvgIpc) is 3.39. The van der Waals surface area contributed by atoms with Crippen molar-refractivity contribution in [3.05, 3.63) is 28.8 Å². The number of nitrogens with one attached hydrogen (secondary N) is 1. The van der Waals surface area contributed by atoms with Crippen molar-refractivity contribution in [1.29, 1.82) is 0 Å². The van der Waals surface area contributed by atoms with Crippen LogP contribution in [0.2, 0.25) is 5.02 Å². The number of pyridine rings is 1. The number of hydrogen-bond donors (Lipinski definition) is 1. The van der Waals surface area contributed by atoms with E-state index in [2.05, 4.69) is 10.3 Å². The Morgan fingerprint density at radius 1 is 1.35 bits per heavy atom. The predicted molar refractivity (Wildman–Crippen MR) is 83.6 cm³/mol. The molecule has 0 spiro atoms. The number of nitrogens with zero attached hydrogens (tertiary/aromatic N) is 2. The molecule has 2 heterocycles. The molecule has 5 nitrogen and oxygen atoms in total. The zero-order valence-electron chi connectivity index (χ0n) is 12.7. The summed E-state index contributed by atoms with van der Waals surface area (Å²) >= 11 is 5.86. The second-order valence-electron chi connectivity index (χ2n) is 6.26. The van der Waals surface area contributed by atoms with Crippen molar-refractivity contribution in [3.8, 4) is 0 Å². The Bertz CT molecular complexity index is 621. The fourth-order valence-corrected chi connectivity index (χ4v) is 3.00. The van der Waals surface area contributed by atoms with Gasteiger partial charge in [0.15, 0.2) is 5.82 Å². The smallest absolute Gasteiger partial charge is 0.257 e. The molecule has 2 fully saturated rings. The summed E-state index contributed by atoms with van der Waals surface area (Å²) in [7, 11) is 0. The Hall–Kier alpha value is -1.69. The molecule has 2 aliphatic rings. The first-order chi connectivity index (χ1) is 11.1. The highest BCUT2D eigenvalue weighted by Crippen LogP contribution is 2.28. The molecule has 1 N–H and O–H groups in total. The van der Waals surface area contributed by atoms with E-state index in [1.807, 2.05) is 0 Å². The first-order valence-corrected chi connectivity index (χ1v) is 8.30. The fourth-order valence-electron chi connectivity index (χ4n) is 2.83. The molecule has 1 aliphatic heterocycles. The molecule has 0 radical (unpaired) electrons. The molecule has 1 aromatic heterocycles. The van der Waals surface area contributed by atoms with Crippen LogP contribution in [0.3, 0.4) is 0 Å². The SMILES string of the molecule is O=C(NCC1CC1)[C@H]1CCCN(C(=O)c2cncc(F)c2Cl)C1. The minimum absolute atomic E-state index is 0.00198. The molecule has 0 aromatic carbocycles. The average molecular weight is 340 g/mol. The molecule has 3 rings (SSSR count). The van der Waals surface area contributed by atoms with Crippen molar-refractivity contribution in [2.24, 2.45) is 11.8 Å². The van der Waals surface area contributed by atoms with Crippen molar-refractivity contribution in [3.63, 3.8) is 0 Å². The van der Waals surface area contributed by atoms with Crippen LogP contribution < -0.4 is 5.32 Å². The van der Waals surface area contributed by atoms with Gasteiger partial charge in [0.1, 0.15) is 0 Å². The van der Waals surface area contributed by atoms with Gasteiger partial charge >= 0.3 is 0 Å². The van der Waals surface area contributed by atoms with E-state index in [0.717, 1.165) is 25.6 Å². The fraction of sp³-hybridized carbons (Fsp3) is 0.562. The Morgan fingerprint density at radius 2 is 2.13 bits per heavy atom. The van der Waals surface area contributed by atoms with Gasteiger partial charge in [0, 0.05) is 25.8 Å². The molecule has 1 aromatic rings. The lowest BCUT2D eigenvalue weighted by molar-refractivity contribution is -0.126. The number of carbonyl (C=O) groups excluding carboxylic acids is 2. The normalized spacial score (nSPS) is 21.1. The van der Waals surface area contributed by atoms with Gasteiger partial charge in [-0.1, -0.05) is 11.6 Å². The van der Waals surface area contributed by atoms with Crippen LogP contribution in [0.4, 0.5) is 4.39 Å². The van der Waals surface area contributed by atoms with Crippen LogP contribution in [0.5, 0.6) is 0 Å². The van der Waals surface area contributed by atoms with Crippen LogP contribution in [0.1, 0.15) is 36.0 Å². The van der Waals surface area contributed by atoms with E-state index >= 15 is 0 Å². The van der Waals surface area contributed by atoms with E-state index < -0.39 is 5.82 Å². The van der Waals surface area contributed by atoms with Crippen molar-refractivity contribution >= 4 is 23.4 Å². The lowest BCUT2D eigenvalue weighted by Crippen LogP contribution is -2.45. The molecule has 1 saturated heterocycles. The van der Waals surface area contributed by atoms with Crippen LogP contribution in [-0.2, 0) is 4.79 Å². The maximum atomic E-state index is 13.5. The number of piperidine rings is 1. The van der Waals surface area contributed by atoms with Crippen molar-refractivity contribution in [1.82, 2.24) is 15.2 Å². The van der Waals surface area contributed by atoms with Crippen LogP contribution in [-0.4, -0.2) is 41.3 Å². The number of carbonyl (C=O) groups is 2. The molecular weight excluding hydrogens is 321 g/mol. The minimum atomic E-state index is -0.715. The molecule has 1 atom stereocenters. The second-order valence-corrected chi connectivity index (χ2v) is 6.64. The van der Waals surface area contributed by atoms with Gasteiger partial charge in [0.2, 0.25) is 5.91 Å². The zero-order chi connectivity index (χ0) is 16.4. The maximum absolute atomic E-state index is 13.5. The minimum Gasteiger partial charge on any atom is -0.356 e. The quantitative estimate of drug-likeness (QED) is 0.915. The van der Waals surface area contributed by atoms with Crippen molar-refractivity contribution in [2.45, 2.75) is 25.7 Å². The highest BCUT2D eigenvalue weighted by Gasteiger charge is 2.31. The van der Waals surface area contributed by atoms with Gasteiger partial charge in [-0.05, 0) is 31.6 Å². The summed E-state index contributed by atoms with van der Waals surface area (Å²) in [5.41, 5.74) is 0.0469. The second kappa shape index (κ2) is 6.83.